The van der Waals surface area contributed by atoms with Crippen molar-refractivity contribution in [3.05, 3.63) is 35.6 Å². The molecule has 0 aromatic heterocycles. The second-order valence-corrected chi connectivity index (χ2v) is 6.69. The number of halogens is 1. The molecular formula is C18H24FN3O2. The van der Waals surface area contributed by atoms with Crippen molar-refractivity contribution in [1.82, 2.24) is 15.5 Å². The maximum Gasteiger partial charge on any atom is 0.256 e. The number of benzene rings is 1. The van der Waals surface area contributed by atoms with Gasteiger partial charge in [-0.1, -0.05) is 12.1 Å². The first-order chi connectivity index (χ1) is 11.6. The van der Waals surface area contributed by atoms with Crippen LogP contribution >= 0.6 is 0 Å². The van der Waals surface area contributed by atoms with Crippen LogP contribution in [0.1, 0.15) is 36.0 Å². The Labute approximate surface area is 141 Å². The molecule has 1 aliphatic heterocycles. The Bertz CT molecular complexity index is 596. The molecule has 0 atom stereocenters. The molecule has 0 radical (unpaired) electrons. The zero-order valence-electron chi connectivity index (χ0n) is 13.8. The zero-order valence-corrected chi connectivity index (χ0v) is 13.8. The first-order valence-electron chi connectivity index (χ1n) is 8.67. The Morgan fingerprint density at radius 1 is 1.12 bits per heavy atom. The monoisotopic (exact) mass is 333 g/mol. The number of nitrogens with zero attached hydrogens (tertiary/aromatic N) is 1. The summed E-state index contributed by atoms with van der Waals surface area (Å²) in [5.74, 6) is 0.00334. The third kappa shape index (κ3) is 4.54. The van der Waals surface area contributed by atoms with E-state index in [-0.39, 0.29) is 23.4 Å². The quantitative estimate of drug-likeness (QED) is 0.830. The Hall–Kier alpha value is -1.95. The van der Waals surface area contributed by atoms with E-state index in [9.17, 15) is 14.0 Å². The van der Waals surface area contributed by atoms with Crippen molar-refractivity contribution in [2.24, 2.45) is 5.92 Å². The van der Waals surface area contributed by atoms with Crippen LogP contribution in [0.5, 0.6) is 0 Å². The van der Waals surface area contributed by atoms with E-state index in [1.807, 2.05) is 0 Å². The van der Waals surface area contributed by atoms with Gasteiger partial charge >= 0.3 is 0 Å². The molecule has 3 rings (SSSR count). The minimum atomic E-state index is -0.486. The molecule has 1 aromatic carbocycles. The smallest absolute Gasteiger partial charge is 0.256 e. The number of amides is 2. The molecule has 0 bridgehead atoms. The van der Waals surface area contributed by atoms with Crippen LogP contribution in [0.3, 0.4) is 0 Å². The Balaban J connectivity index is 1.41. The highest BCUT2D eigenvalue weighted by Crippen LogP contribution is 2.27. The van der Waals surface area contributed by atoms with Gasteiger partial charge in [0.2, 0.25) is 5.91 Å². The summed E-state index contributed by atoms with van der Waals surface area (Å²) in [5.41, 5.74) is 0.115. The number of likely N-dealkylation sites (tertiary alicyclic amines) is 1. The van der Waals surface area contributed by atoms with Gasteiger partial charge in [0.05, 0.1) is 12.1 Å². The van der Waals surface area contributed by atoms with E-state index in [1.165, 1.54) is 25.0 Å². The van der Waals surface area contributed by atoms with Gasteiger partial charge in [0.15, 0.2) is 0 Å². The van der Waals surface area contributed by atoms with E-state index in [1.54, 1.807) is 17.0 Å². The molecule has 2 fully saturated rings. The minimum absolute atomic E-state index is 0.00882. The average Bonchev–Trinajstić information content (AvgIpc) is 3.40. The molecule has 130 valence electrons. The number of nitrogens with one attached hydrogen (secondary N) is 2. The lowest BCUT2D eigenvalue weighted by molar-refractivity contribution is -0.121. The fourth-order valence-corrected chi connectivity index (χ4v) is 3.02. The van der Waals surface area contributed by atoms with E-state index in [0.717, 1.165) is 12.5 Å². The molecule has 2 aliphatic rings. The van der Waals surface area contributed by atoms with Crippen LogP contribution in [0.2, 0.25) is 0 Å². The lowest BCUT2D eigenvalue weighted by atomic mass is 10.0. The maximum absolute atomic E-state index is 13.7. The topological polar surface area (TPSA) is 61.4 Å². The van der Waals surface area contributed by atoms with Crippen LogP contribution in [-0.2, 0) is 4.79 Å². The van der Waals surface area contributed by atoms with Crippen molar-refractivity contribution in [1.29, 1.82) is 0 Å². The van der Waals surface area contributed by atoms with E-state index in [2.05, 4.69) is 10.6 Å². The largest absolute Gasteiger partial charge is 0.352 e. The van der Waals surface area contributed by atoms with Crippen molar-refractivity contribution in [2.45, 2.75) is 31.7 Å². The molecule has 2 amide bonds. The summed E-state index contributed by atoms with van der Waals surface area (Å²) in [5, 5.41) is 6.18. The maximum atomic E-state index is 13.7. The van der Waals surface area contributed by atoms with Gasteiger partial charge < -0.3 is 15.5 Å². The Morgan fingerprint density at radius 2 is 1.83 bits per heavy atom. The highest BCUT2D eigenvalue weighted by atomic mass is 19.1. The summed E-state index contributed by atoms with van der Waals surface area (Å²) < 4.78 is 13.7. The molecule has 0 unspecified atom stereocenters. The molecule has 1 saturated heterocycles. The van der Waals surface area contributed by atoms with E-state index in [4.69, 9.17) is 0 Å². The van der Waals surface area contributed by atoms with Crippen LogP contribution in [0.25, 0.3) is 0 Å². The lowest BCUT2D eigenvalue weighted by Gasteiger charge is -2.32. The van der Waals surface area contributed by atoms with Gasteiger partial charge in [0, 0.05) is 19.1 Å². The van der Waals surface area contributed by atoms with Crippen LogP contribution in [0, 0.1) is 11.7 Å². The molecule has 24 heavy (non-hydrogen) atoms. The molecule has 1 aliphatic carbocycles. The van der Waals surface area contributed by atoms with Crippen LogP contribution < -0.4 is 10.6 Å². The molecule has 2 N–H and O–H groups in total. The summed E-state index contributed by atoms with van der Waals surface area (Å²) in [4.78, 5) is 25.9. The summed E-state index contributed by atoms with van der Waals surface area (Å²) in [6.07, 6.45) is 3.94. The van der Waals surface area contributed by atoms with E-state index < -0.39 is 5.82 Å². The fourth-order valence-electron chi connectivity index (χ4n) is 3.02. The van der Waals surface area contributed by atoms with Crippen molar-refractivity contribution in [3.8, 4) is 0 Å². The van der Waals surface area contributed by atoms with Crippen molar-refractivity contribution >= 4 is 11.8 Å². The summed E-state index contributed by atoms with van der Waals surface area (Å²) >= 11 is 0. The first kappa shape index (κ1) is 16.9. The van der Waals surface area contributed by atoms with Gasteiger partial charge in [-0.2, -0.15) is 0 Å². The molecule has 1 saturated carbocycles. The lowest BCUT2D eigenvalue weighted by Crippen LogP contribution is -2.48. The van der Waals surface area contributed by atoms with Gasteiger partial charge in [-0.15, -0.1) is 0 Å². The molecule has 1 heterocycles. The fraction of sp³-hybridized carbons (Fsp3) is 0.556. The summed E-state index contributed by atoms with van der Waals surface area (Å²) in [6.45, 7) is 2.34. The molecule has 6 heteroatoms. The number of hydrogen-bond acceptors (Lipinski definition) is 3. The van der Waals surface area contributed by atoms with Crippen molar-refractivity contribution < 1.29 is 14.0 Å². The number of piperidine rings is 1. The van der Waals surface area contributed by atoms with Gasteiger partial charge in [-0.3, -0.25) is 9.59 Å². The summed E-state index contributed by atoms with van der Waals surface area (Å²) in [6, 6.07) is 6.14. The van der Waals surface area contributed by atoms with Crippen LogP contribution in [-0.4, -0.2) is 48.9 Å². The third-order valence-electron chi connectivity index (χ3n) is 4.67. The second kappa shape index (κ2) is 7.75. The highest BCUT2D eigenvalue weighted by Gasteiger charge is 2.26. The Kier molecular flexibility index (Phi) is 5.45. The number of rotatable bonds is 6. The third-order valence-corrected chi connectivity index (χ3v) is 4.67. The van der Waals surface area contributed by atoms with Crippen LogP contribution in [0.4, 0.5) is 4.39 Å². The predicted octanol–water partition coefficient (Wildman–Crippen LogP) is 1.55. The molecule has 0 spiro atoms. The SMILES string of the molecule is O=C(CNCC1CC1)NC1CCN(C(=O)c2ccccc2F)CC1. The highest BCUT2D eigenvalue weighted by molar-refractivity contribution is 5.94. The predicted molar refractivity (Wildman–Crippen MR) is 89.1 cm³/mol. The number of carbonyl (C=O) groups excluding carboxylic acids is 2. The average molecular weight is 333 g/mol. The second-order valence-electron chi connectivity index (χ2n) is 6.69. The molecular weight excluding hydrogens is 309 g/mol. The normalized spacial score (nSPS) is 18.5. The minimum Gasteiger partial charge on any atom is -0.352 e. The first-order valence-corrected chi connectivity index (χ1v) is 8.67. The Morgan fingerprint density at radius 3 is 2.50 bits per heavy atom. The van der Waals surface area contributed by atoms with E-state index in [0.29, 0.717) is 32.5 Å². The molecule has 5 nitrogen and oxygen atoms in total. The van der Waals surface area contributed by atoms with Gasteiger partial charge in [-0.05, 0) is 50.3 Å². The number of hydrogen-bond donors (Lipinski definition) is 2. The van der Waals surface area contributed by atoms with E-state index >= 15 is 0 Å². The zero-order chi connectivity index (χ0) is 16.9. The molecule has 1 aromatic rings. The van der Waals surface area contributed by atoms with Crippen LogP contribution in [0.15, 0.2) is 24.3 Å². The van der Waals surface area contributed by atoms with Crippen molar-refractivity contribution in [2.75, 3.05) is 26.2 Å². The summed E-state index contributed by atoms with van der Waals surface area (Å²) in [7, 11) is 0. The van der Waals surface area contributed by atoms with Gasteiger partial charge in [0.25, 0.3) is 5.91 Å². The number of carbonyl (C=O) groups is 2. The standard InChI is InChI=1S/C18H24FN3O2/c19-16-4-2-1-3-15(16)18(24)22-9-7-14(8-10-22)21-17(23)12-20-11-13-5-6-13/h1-4,13-14,20H,5-12H2,(H,21,23). The van der Waals surface area contributed by atoms with Gasteiger partial charge in [0.1, 0.15) is 5.82 Å². The van der Waals surface area contributed by atoms with Crippen molar-refractivity contribution in [3.63, 3.8) is 0 Å². The van der Waals surface area contributed by atoms with Gasteiger partial charge in [-0.25, -0.2) is 4.39 Å².